The highest BCUT2D eigenvalue weighted by Gasteiger charge is 2.41. The van der Waals surface area contributed by atoms with Gasteiger partial charge in [0.05, 0.1) is 5.92 Å². The summed E-state index contributed by atoms with van der Waals surface area (Å²) in [7, 11) is -3.64. The average Bonchev–Trinajstić information content (AvgIpc) is 2.92. The van der Waals surface area contributed by atoms with Gasteiger partial charge in [0.1, 0.15) is 0 Å². The van der Waals surface area contributed by atoms with Crippen molar-refractivity contribution in [2.24, 2.45) is 5.92 Å². The molecule has 0 aliphatic carbocycles. The molecule has 2 atom stereocenters. The van der Waals surface area contributed by atoms with Crippen LogP contribution in [0.25, 0.3) is 0 Å². The lowest BCUT2D eigenvalue weighted by molar-refractivity contribution is -0.143. The number of carboxylic acids is 1. The van der Waals surface area contributed by atoms with Crippen molar-refractivity contribution in [3.63, 3.8) is 0 Å². The zero-order chi connectivity index (χ0) is 15.9. The molecule has 1 N–H and O–H groups in total. The Hall–Kier alpha value is -1.44. The van der Waals surface area contributed by atoms with Gasteiger partial charge in [-0.05, 0) is 30.9 Å². The lowest BCUT2D eigenvalue weighted by atomic mass is 9.96. The molecule has 0 radical (unpaired) electrons. The molecule has 0 aromatic heterocycles. The van der Waals surface area contributed by atoms with E-state index in [9.17, 15) is 18.3 Å². The summed E-state index contributed by atoms with van der Waals surface area (Å²) < 4.78 is 28.6. The van der Waals surface area contributed by atoms with E-state index in [1.165, 1.54) is 8.61 Å². The van der Waals surface area contributed by atoms with Crippen molar-refractivity contribution >= 4 is 16.2 Å². The first-order valence-corrected chi connectivity index (χ1v) is 8.86. The first-order valence-electron chi connectivity index (χ1n) is 7.46. The van der Waals surface area contributed by atoms with E-state index in [0.717, 1.165) is 11.1 Å². The molecule has 6 nitrogen and oxygen atoms in total. The van der Waals surface area contributed by atoms with E-state index >= 15 is 0 Å². The van der Waals surface area contributed by atoms with Crippen LogP contribution in [0.1, 0.15) is 30.9 Å². The molecule has 2 aliphatic rings. The Morgan fingerprint density at radius 1 is 1.18 bits per heavy atom. The van der Waals surface area contributed by atoms with Crippen molar-refractivity contribution in [2.45, 2.75) is 38.9 Å². The van der Waals surface area contributed by atoms with Crippen LogP contribution in [0.15, 0.2) is 24.3 Å². The molecular formula is C15H20N2O4S. The molecule has 0 saturated carbocycles. The zero-order valence-electron chi connectivity index (χ0n) is 12.5. The highest BCUT2D eigenvalue weighted by atomic mass is 32.2. The van der Waals surface area contributed by atoms with Crippen molar-refractivity contribution in [2.75, 3.05) is 6.54 Å². The van der Waals surface area contributed by atoms with Crippen molar-refractivity contribution in [3.8, 4) is 0 Å². The van der Waals surface area contributed by atoms with Gasteiger partial charge in [-0.25, -0.2) is 0 Å². The molecule has 120 valence electrons. The summed E-state index contributed by atoms with van der Waals surface area (Å²) in [6.07, 6.45) is 1.11. The van der Waals surface area contributed by atoms with Gasteiger partial charge < -0.3 is 5.11 Å². The molecule has 1 fully saturated rings. The van der Waals surface area contributed by atoms with E-state index in [1.54, 1.807) is 0 Å². The van der Waals surface area contributed by atoms with Crippen LogP contribution in [0.5, 0.6) is 0 Å². The molecule has 1 aromatic carbocycles. The lowest BCUT2D eigenvalue weighted by Gasteiger charge is -2.37. The van der Waals surface area contributed by atoms with Crippen molar-refractivity contribution in [3.05, 3.63) is 35.4 Å². The normalized spacial score (nSPS) is 26.8. The van der Waals surface area contributed by atoms with Gasteiger partial charge >= 0.3 is 5.97 Å². The molecule has 1 aromatic rings. The number of carboxylic acid groups (broad SMARTS) is 1. The predicted molar refractivity (Wildman–Crippen MR) is 81.1 cm³/mol. The maximum Gasteiger partial charge on any atom is 0.307 e. The van der Waals surface area contributed by atoms with Crippen LogP contribution in [0, 0.1) is 5.92 Å². The van der Waals surface area contributed by atoms with E-state index in [0.29, 0.717) is 25.9 Å². The zero-order valence-corrected chi connectivity index (χ0v) is 13.3. The van der Waals surface area contributed by atoms with E-state index in [2.05, 4.69) is 0 Å². The Kier molecular flexibility index (Phi) is 3.96. The SMILES string of the molecule is C[C@@H]1CC[C@H](C(=O)O)CN1S(=O)(=O)N1Cc2ccccc2C1. The maximum absolute atomic E-state index is 12.9. The minimum absolute atomic E-state index is 0.0612. The number of piperidine rings is 1. The highest BCUT2D eigenvalue weighted by molar-refractivity contribution is 7.86. The van der Waals surface area contributed by atoms with Crippen LogP contribution < -0.4 is 0 Å². The van der Waals surface area contributed by atoms with Crippen molar-refractivity contribution in [1.29, 1.82) is 0 Å². The second-order valence-electron chi connectivity index (χ2n) is 6.08. The summed E-state index contributed by atoms with van der Waals surface area (Å²) in [5.74, 6) is -1.53. The second kappa shape index (κ2) is 5.64. The molecule has 7 heteroatoms. The smallest absolute Gasteiger partial charge is 0.307 e. The summed E-state index contributed by atoms with van der Waals surface area (Å²) in [4.78, 5) is 11.2. The third kappa shape index (κ3) is 2.64. The highest BCUT2D eigenvalue weighted by Crippen LogP contribution is 2.31. The van der Waals surface area contributed by atoms with Gasteiger partial charge in [-0.3, -0.25) is 4.79 Å². The van der Waals surface area contributed by atoms with Gasteiger partial charge in [-0.15, -0.1) is 0 Å². The Morgan fingerprint density at radius 3 is 2.32 bits per heavy atom. The van der Waals surface area contributed by atoms with Gasteiger partial charge in [-0.1, -0.05) is 24.3 Å². The number of nitrogens with zero attached hydrogens (tertiary/aromatic N) is 2. The number of fused-ring (bicyclic) bond motifs is 1. The minimum atomic E-state index is -3.64. The number of rotatable bonds is 3. The van der Waals surface area contributed by atoms with E-state index in [1.807, 2.05) is 31.2 Å². The molecule has 0 bridgehead atoms. The fourth-order valence-electron chi connectivity index (χ4n) is 3.21. The van der Waals surface area contributed by atoms with Gasteiger partial charge in [0.25, 0.3) is 10.2 Å². The Morgan fingerprint density at radius 2 is 1.77 bits per heavy atom. The quantitative estimate of drug-likeness (QED) is 0.912. The molecule has 0 amide bonds. The molecule has 2 aliphatic heterocycles. The van der Waals surface area contributed by atoms with Gasteiger partial charge in [0.15, 0.2) is 0 Å². The van der Waals surface area contributed by atoms with Gasteiger partial charge in [0.2, 0.25) is 0 Å². The Balaban J connectivity index is 1.82. The van der Waals surface area contributed by atoms with E-state index < -0.39 is 22.1 Å². The number of hydrogen-bond donors (Lipinski definition) is 1. The van der Waals surface area contributed by atoms with Crippen LogP contribution in [0.2, 0.25) is 0 Å². The second-order valence-corrected chi connectivity index (χ2v) is 7.96. The monoisotopic (exact) mass is 324 g/mol. The molecule has 2 heterocycles. The van der Waals surface area contributed by atoms with Crippen LogP contribution in [-0.4, -0.2) is 40.7 Å². The standard InChI is InChI=1S/C15H20N2O4S/c1-11-6-7-14(15(18)19)10-17(11)22(20,21)16-8-12-4-2-3-5-13(12)9-16/h2-5,11,14H,6-10H2,1H3,(H,18,19)/t11-,14+/m1/s1. The molecule has 1 saturated heterocycles. The van der Waals surface area contributed by atoms with Gasteiger partial charge in [0, 0.05) is 25.7 Å². The number of benzene rings is 1. The third-order valence-corrected chi connectivity index (χ3v) is 6.62. The van der Waals surface area contributed by atoms with Gasteiger partial charge in [-0.2, -0.15) is 17.0 Å². The first-order chi connectivity index (χ1) is 10.4. The first kappa shape index (κ1) is 15.5. The van der Waals surface area contributed by atoms with Crippen molar-refractivity contribution in [1.82, 2.24) is 8.61 Å². The molecular weight excluding hydrogens is 304 g/mol. The van der Waals surface area contributed by atoms with E-state index in [4.69, 9.17) is 0 Å². The number of carbonyl (C=O) groups is 1. The lowest BCUT2D eigenvalue weighted by Crippen LogP contribution is -2.51. The number of hydrogen-bond acceptors (Lipinski definition) is 3. The summed E-state index contributed by atoms with van der Waals surface area (Å²) in [5, 5.41) is 9.18. The summed E-state index contributed by atoms with van der Waals surface area (Å²) >= 11 is 0. The van der Waals surface area contributed by atoms with Crippen molar-refractivity contribution < 1.29 is 18.3 Å². The third-order valence-electron chi connectivity index (χ3n) is 4.61. The number of aliphatic carboxylic acids is 1. The molecule has 22 heavy (non-hydrogen) atoms. The fourth-order valence-corrected chi connectivity index (χ4v) is 5.04. The van der Waals surface area contributed by atoms with Crippen LogP contribution in [0.4, 0.5) is 0 Å². The summed E-state index contributed by atoms with van der Waals surface area (Å²) in [6, 6.07) is 7.51. The fraction of sp³-hybridized carbons (Fsp3) is 0.533. The van der Waals surface area contributed by atoms with Crippen LogP contribution >= 0.6 is 0 Å². The largest absolute Gasteiger partial charge is 0.481 e. The Labute approximate surface area is 130 Å². The topological polar surface area (TPSA) is 77.9 Å². The Bertz CT molecular complexity index is 664. The minimum Gasteiger partial charge on any atom is -0.481 e. The predicted octanol–water partition coefficient (Wildman–Crippen LogP) is 1.43. The summed E-state index contributed by atoms with van der Waals surface area (Å²) in [6.45, 7) is 2.63. The molecule has 3 rings (SSSR count). The maximum atomic E-state index is 12.9. The summed E-state index contributed by atoms with van der Waals surface area (Å²) in [5.41, 5.74) is 2.04. The molecule has 0 spiro atoms. The molecule has 0 unspecified atom stereocenters. The van der Waals surface area contributed by atoms with Crippen LogP contribution in [-0.2, 0) is 28.1 Å². The van der Waals surface area contributed by atoms with E-state index in [-0.39, 0.29) is 12.6 Å². The van der Waals surface area contributed by atoms with Crippen LogP contribution in [0.3, 0.4) is 0 Å². The average molecular weight is 324 g/mol.